The van der Waals surface area contributed by atoms with Gasteiger partial charge in [-0.25, -0.2) is 4.39 Å². The number of anilines is 1. The van der Waals surface area contributed by atoms with Gasteiger partial charge in [-0.2, -0.15) is 0 Å². The second-order valence-corrected chi connectivity index (χ2v) is 3.95. The lowest BCUT2D eigenvalue weighted by Crippen LogP contribution is -2.36. The van der Waals surface area contributed by atoms with Crippen LogP contribution < -0.4 is 10.6 Å². The molecule has 1 aromatic rings. The molecule has 0 aliphatic heterocycles. The summed E-state index contributed by atoms with van der Waals surface area (Å²) >= 11 is 0. The number of ether oxygens (including phenoxy) is 1. The Hall–Kier alpha value is -1.62. The lowest BCUT2D eigenvalue weighted by molar-refractivity contribution is 0.0872. The monoisotopic (exact) mass is 254 g/mol. The fraction of sp³-hybridized carbons (Fsp3) is 0.462. The van der Waals surface area contributed by atoms with E-state index >= 15 is 0 Å². The quantitative estimate of drug-likeness (QED) is 0.816. The largest absolute Gasteiger partial charge is 0.385 e. The summed E-state index contributed by atoms with van der Waals surface area (Å²) in [6.07, 6.45) is 0. The van der Waals surface area contributed by atoms with E-state index in [2.05, 4.69) is 10.6 Å². The zero-order valence-corrected chi connectivity index (χ0v) is 10.9. The van der Waals surface area contributed by atoms with E-state index < -0.39 is 5.82 Å². The lowest BCUT2D eigenvalue weighted by atomic mass is 10.1. The molecule has 0 saturated carbocycles. The molecule has 0 saturated heterocycles. The van der Waals surface area contributed by atoms with Crippen molar-refractivity contribution >= 4 is 11.6 Å². The molecule has 4 nitrogen and oxygen atoms in total. The van der Waals surface area contributed by atoms with Gasteiger partial charge in [0.15, 0.2) is 0 Å². The van der Waals surface area contributed by atoms with Gasteiger partial charge in [-0.1, -0.05) is 6.07 Å². The summed E-state index contributed by atoms with van der Waals surface area (Å²) in [5.74, 6) is -0.756. The van der Waals surface area contributed by atoms with E-state index in [4.69, 9.17) is 4.74 Å². The summed E-state index contributed by atoms with van der Waals surface area (Å²) < 4.78 is 18.7. The van der Waals surface area contributed by atoms with Crippen LogP contribution in [0.4, 0.5) is 10.1 Å². The van der Waals surface area contributed by atoms with Crippen LogP contribution in [0, 0.1) is 5.82 Å². The van der Waals surface area contributed by atoms with Gasteiger partial charge in [0.1, 0.15) is 5.82 Å². The lowest BCUT2D eigenvalue weighted by Gasteiger charge is -2.15. The van der Waals surface area contributed by atoms with Crippen LogP contribution in [-0.2, 0) is 4.74 Å². The van der Waals surface area contributed by atoms with Crippen LogP contribution >= 0.6 is 0 Å². The minimum atomic E-state index is -0.442. The van der Waals surface area contributed by atoms with Gasteiger partial charge in [0, 0.05) is 19.7 Å². The number of amides is 1. The molecule has 0 heterocycles. The molecule has 1 amide bonds. The van der Waals surface area contributed by atoms with Crippen molar-refractivity contribution in [2.75, 3.05) is 25.6 Å². The maximum Gasteiger partial charge on any atom is 0.253 e. The fourth-order valence-electron chi connectivity index (χ4n) is 1.61. The molecule has 100 valence electrons. The maximum atomic E-state index is 13.5. The van der Waals surface area contributed by atoms with E-state index in [9.17, 15) is 9.18 Å². The van der Waals surface area contributed by atoms with E-state index in [0.717, 1.165) is 0 Å². The first-order valence-corrected chi connectivity index (χ1v) is 5.95. The van der Waals surface area contributed by atoms with Crippen LogP contribution in [0.1, 0.15) is 24.2 Å². The number of rotatable bonds is 6. The van der Waals surface area contributed by atoms with Crippen molar-refractivity contribution in [3.63, 3.8) is 0 Å². The van der Waals surface area contributed by atoms with Crippen LogP contribution in [-0.4, -0.2) is 32.2 Å². The van der Waals surface area contributed by atoms with Gasteiger partial charge in [-0.15, -0.1) is 0 Å². The third-order valence-electron chi connectivity index (χ3n) is 2.46. The van der Waals surface area contributed by atoms with Crippen molar-refractivity contribution in [2.45, 2.75) is 19.9 Å². The van der Waals surface area contributed by atoms with Gasteiger partial charge in [0.05, 0.1) is 17.9 Å². The second kappa shape index (κ2) is 6.96. The number of para-hydroxylation sites is 1. The summed E-state index contributed by atoms with van der Waals surface area (Å²) in [6.45, 7) is 4.76. The van der Waals surface area contributed by atoms with Gasteiger partial charge in [0.2, 0.25) is 0 Å². The fourth-order valence-corrected chi connectivity index (χ4v) is 1.61. The third kappa shape index (κ3) is 3.70. The van der Waals surface area contributed by atoms with Crippen molar-refractivity contribution in [3.05, 3.63) is 29.6 Å². The van der Waals surface area contributed by atoms with Crippen LogP contribution in [0.2, 0.25) is 0 Å². The average Bonchev–Trinajstić information content (AvgIpc) is 2.35. The van der Waals surface area contributed by atoms with Crippen molar-refractivity contribution in [1.29, 1.82) is 0 Å². The van der Waals surface area contributed by atoms with Crippen LogP contribution in [0.3, 0.4) is 0 Å². The standard InChI is InChI=1S/C13H19FN2O2/c1-4-18-8-9(2)16-13(17)10-6-5-7-11(14)12(10)15-3/h5-7,9,15H,4,8H2,1-3H3,(H,16,17). The Balaban J connectivity index is 2.75. The molecule has 1 rings (SSSR count). The van der Waals surface area contributed by atoms with Crippen LogP contribution in [0.5, 0.6) is 0 Å². The van der Waals surface area contributed by atoms with Crippen molar-refractivity contribution in [3.8, 4) is 0 Å². The van der Waals surface area contributed by atoms with Crippen molar-refractivity contribution in [2.24, 2.45) is 0 Å². The molecule has 0 bridgehead atoms. The second-order valence-electron chi connectivity index (χ2n) is 3.95. The molecule has 1 atom stereocenters. The normalized spacial score (nSPS) is 12.0. The molecule has 1 unspecified atom stereocenters. The molecule has 2 N–H and O–H groups in total. The number of hydrogen-bond acceptors (Lipinski definition) is 3. The smallest absolute Gasteiger partial charge is 0.253 e. The zero-order chi connectivity index (χ0) is 13.5. The predicted molar refractivity (Wildman–Crippen MR) is 69.4 cm³/mol. The number of carbonyl (C=O) groups excluding carboxylic acids is 1. The van der Waals surface area contributed by atoms with Crippen molar-refractivity contribution < 1.29 is 13.9 Å². The first-order chi connectivity index (χ1) is 8.60. The SMILES string of the molecule is CCOCC(C)NC(=O)c1cccc(F)c1NC. The Morgan fingerprint density at radius 1 is 1.50 bits per heavy atom. The van der Waals surface area contributed by atoms with Crippen molar-refractivity contribution in [1.82, 2.24) is 5.32 Å². The molecule has 0 spiro atoms. The van der Waals surface area contributed by atoms with Gasteiger partial charge >= 0.3 is 0 Å². The summed E-state index contributed by atoms with van der Waals surface area (Å²) in [4.78, 5) is 12.0. The molecule has 0 fully saturated rings. The highest BCUT2D eigenvalue weighted by atomic mass is 19.1. The van der Waals surface area contributed by atoms with Crippen LogP contribution in [0.15, 0.2) is 18.2 Å². The van der Waals surface area contributed by atoms with E-state index in [1.165, 1.54) is 12.1 Å². The summed E-state index contributed by atoms with van der Waals surface area (Å²) in [5, 5.41) is 5.46. The molecule has 0 radical (unpaired) electrons. The van der Waals surface area contributed by atoms with E-state index in [1.54, 1.807) is 13.1 Å². The summed E-state index contributed by atoms with van der Waals surface area (Å²) in [5.41, 5.74) is 0.499. The Labute approximate surface area is 107 Å². The first-order valence-electron chi connectivity index (χ1n) is 5.95. The number of halogens is 1. The van der Waals surface area contributed by atoms with Crippen LogP contribution in [0.25, 0.3) is 0 Å². The Morgan fingerprint density at radius 3 is 2.83 bits per heavy atom. The van der Waals surface area contributed by atoms with Gasteiger partial charge < -0.3 is 15.4 Å². The molecule has 0 aliphatic rings. The zero-order valence-electron chi connectivity index (χ0n) is 10.9. The van der Waals surface area contributed by atoms with E-state index in [0.29, 0.717) is 18.8 Å². The maximum absolute atomic E-state index is 13.5. The molecule has 5 heteroatoms. The van der Waals surface area contributed by atoms with E-state index in [-0.39, 0.29) is 17.6 Å². The molecule has 0 aliphatic carbocycles. The molecular formula is C13H19FN2O2. The highest BCUT2D eigenvalue weighted by Gasteiger charge is 2.15. The summed E-state index contributed by atoms with van der Waals surface area (Å²) in [7, 11) is 1.58. The average molecular weight is 254 g/mol. The minimum absolute atomic E-state index is 0.120. The predicted octanol–water partition coefficient (Wildman–Crippen LogP) is 2.02. The topological polar surface area (TPSA) is 50.4 Å². The Morgan fingerprint density at radius 2 is 2.22 bits per heavy atom. The molecule has 0 aromatic heterocycles. The summed E-state index contributed by atoms with van der Waals surface area (Å²) in [6, 6.07) is 4.28. The first kappa shape index (κ1) is 14.4. The highest BCUT2D eigenvalue weighted by molar-refractivity contribution is 5.99. The van der Waals surface area contributed by atoms with E-state index in [1.807, 2.05) is 13.8 Å². The van der Waals surface area contributed by atoms with Gasteiger partial charge in [0.25, 0.3) is 5.91 Å². The number of hydrogen-bond donors (Lipinski definition) is 2. The Kier molecular flexibility index (Phi) is 5.58. The molecular weight excluding hydrogens is 235 g/mol. The highest BCUT2D eigenvalue weighted by Crippen LogP contribution is 2.19. The minimum Gasteiger partial charge on any atom is -0.385 e. The number of carbonyl (C=O) groups is 1. The molecule has 1 aromatic carbocycles. The molecule has 18 heavy (non-hydrogen) atoms. The van der Waals surface area contributed by atoms with Gasteiger partial charge in [-0.05, 0) is 26.0 Å². The number of nitrogens with one attached hydrogen (secondary N) is 2. The van der Waals surface area contributed by atoms with Gasteiger partial charge in [-0.3, -0.25) is 4.79 Å². The Bertz CT molecular complexity index is 410. The third-order valence-corrected chi connectivity index (χ3v) is 2.46. The number of benzene rings is 1.